The second-order valence-electron chi connectivity index (χ2n) is 4.71. The van der Waals surface area contributed by atoms with Crippen LogP contribution in [0.3, 0.4) is 0 Å². The quantitative estimate of drug-likeness (QED) is 0.545. The van der Waals surface area contributed by atoms with Gasteiger partial charge in [0.25, 0.3) is 11.6 Å². The summed E-state index contributed by atoms with van der Waals surface area (Å²) in [6.45, 7) is 0. The van der Waals surface area contributed by atoms with Crippen molar-refractivity contribution in [3.05, 3.63) is 67.8 Å². The van der Waals surface area contributed by atoms with Crippen LogP contribution in [-0.2, 0) is 0 Å². The van der Waals surface area contributed by atoms with Crippen molar-refractivity contribution < 1.29 is 29.6 Å². The molecule has 0 spiro atoms. The summed E-state index contributed by atoms with van der Waals surface area (Å²) in [4.78, 5) is 43.0. The van der Waals surface area contributed by atoms with E-state index in [1.165, 1.54) is 0 Å². The van der Waals surface area contributed by atoms with Crippen LogP contribution in [0, 0.1) is 20.2 Å². The Kier molecular flexibility index (Phi) is 4.59. The largest absolute Gasteiger partial charge is 0.502 e. The van der Waals surface area contributed by atoms with Gasteiger partial charge in [-0.05, 0) is 24.3 Å². The third-order valence-electron chi connectivity index (χ3n) is 3.12. The predicted octanol–water partition coefficient (Wildman–Crippen LogP) is 2.16. The molecular weight excluding hydrogens is 338 g/mol. The fourth-order valence-corrected chi connectivity index (χ4v) is 1.96. The summed E-state index contributed by atoms with van der Waals surface area (Å²) >= 11 is 0. The fraction of sp³-hybridized carbons (Fsp3) is 0. The number of nitrogens with zero attached hydrogens (tertiary/aromatic N) is 2. The highest BCUT2D eigenvalue weighted by Crippen LogP contribution is 2.27. The number of amides is 1. The molecule has 0 aliphatic carbocycles. The minimum Gasteiger partial charge on any atom is -0.502 e. The summed E-state index contributed by atoms with van der Waals surface area (Å²) in [6, 6.07) is 5.86. The maximum absolute atomic E-state index is 12.1. The number of benzene rings is 2. The Bertz CT molecular complexity index is 909. The van der Waals surface area contributed by atoms with Crippen molar-refractivity contribution in [2.24, 2.45) is 0 Å². The number of carbonyl (C=O) groups is 2. The van der Waals surface area contributed by atoms with Crippen LogP contribution in [-0.4, -0.2) is 31.9 Å². The van der Waals surface area contributed by atoms with Gasteiger partial charge in [-0.1, -0.05) is 0 Å². The van der Waals surface area contributed by atoms with E-state index in [1.54, 1.807) is 0 Å². The highest BCUT2D eigenvalue weighted by atomic mass is 16.6. The van der Waals surface area contributed by atoms with E-state index in [1.807, 2.05) is 0 Å². The van der Waals surface area contributed by atoms with Crippen LogP contribution in [0.1, 0.15) is 20.7 Å². The molecule has 0 bridgehead atoms. The zero-order chi connectivity index (χ0) is 18.7. The van der Waals surface area contributed by atoms with Gasteiger partial charge in [0.2, 0.25) is 0 Å². The molecule has 2 aromatic carbocycles. The highest BCUT2D eigenvalue weighted by molar-refractivity contribution is 6.05. The molecule has 0 radical (unpaired) electrons. The van der Waals surface area contributed by atoms with Gasteiger partial charge >= 0.3 is 11.7 Å². The molecule has 2 aromatic rings. The number of rotatable bonds is 5. The predicted molar refractivity (Wildman–Crippen MR) is 82.8 cm³/mol. The Labute approximate surface area is 138 Å². The van der Waals surface area contributed by atoms with E-state index < -0.39 is 44.4 Å². The number of nitro groups is 2. The van der Waals surface area contributed by atoms with Gasteiger partial charge < -0.3 is 15.5 Å². The van der Waals surface area contributed by atoms with E-state index in [0.29, 0.717) is 0 Å². The monoisotopic (exact) mass is 347 g/mol. The van der Waals surface area contributed by atoms with Crippen molar-refractivity contribution >= 4 is 28.9 Å². The lowest BCUT2D eigenvalue weighted by Crippen LogP contribution is -2.13. The van der Waals surface area contributed by atoms with Crippen LogP contribution in [0.15, 0.2) is 36.4 Å². The lowest BCUT2D eigenvalue weighted by Gasteiger charge is -2.07. The van der Waals surface area contributed by atoms with Gasteiger partial charge in [0.1, 0.15) is 5.56 Å². The molecule has 0 unspecified atom stereocenters. The molecular formula is C14H9N3O8. The highest BCUT2D eigenvalue weighted by Gasteiger charge is 2.21. The third kappa shape index (κ3) is 3.67. The summed E-state index contributed by atoms with van der Waals surface area (Å²) in [5.41, 5.74) is -2.17. The third-order valence-corrected chi connectivity index (χ3v) is 3.12. The van der Waals surface area contributed by atoms with Crippen LogP contribution in [0.25, 0.3) is 0 Å². The van der Waals surface area contributed by atoms with Gasteiger partial charge in [-0.2, -0.15) is 0 Å². The topological polar surface area (TPSA) is 173 Å². The summed E-state index contributed by atoms with van der Waals surface area (Å²) in [5, 5.41) is 42.2. The summed E-state index contributed by atoms with van der Waals surface area (Å²) < 4.78 is 0. The first-order valence-electron chi connectivity index (χ1n) is 6.51. The number of carboxylic acid groups (broad SMARTS) is 1. The standard InChI is InChI=1S/C14H9N3O8/c18-12-4-1-7(5-11(12)17(24)25)13(19)15-8-2-3-10(16(22)23)9(6-8)14(20)21/h1-6,18H,(H,15,19)(H,20,21). The SMILES string of the molecule is O=C(Nc1ccc([N+](=O)[O-])c(C(=O)O)c1)c1ccc(O)c([N+](=O)[O-])c1. The van der Waals surface area contributed by atoms with Crippen molar-refractivity contribution in [1.29, 1.82) is 0 Å². The number of phenolic OH excluding ortho intramolecular Hbond substituents is 1. The summed E-state index contributed by atoms with van der Waals surface area (Å²) in [5.74, 6) is -3.00. The number of nitro benzene ring substituents is 2. The maximum Gasteiger partial charge on any atom is 0.342 e. The molecule has 1 amide bonds. The molecule has 0 atom stereocenters. The molecule has 0 aliphatic heterocycles. The van der Waals surface area contributed by atoms with E-state index in [-0.39, 0.29) is 11.3 Å². The molecule has 0 heterocycles. The maximum atomic E-state index is 12.1. The number of phenols is 1. The second kappa shape index (κ2) is 6.62. The van der Waals surface area contributed by atoms with Crippen LogP contribution >= 0.6 is 0 Å². The summed E-state index contributed by atoms with van der Waals surface area (Å²) in [6.07, 6.45) is 0. The average Bonchev–Trinajstić information content (AvgIpc) is 2.54. The Hall–Kier alpha value is -4.02. The lowest BCUT2D eigenvalue weighted by molar-refractivity contribution is -0.385. The molecule has 11 heteroatoms. The van der Waals surface area contributed by atoms with Crippen molar-refractivity contribution in [1.82, 2.24) is 0 Å². The van der Waals surface area contributed by atoms with Crippen LogP contribution in [0.2, 0.25) is 0 Å². The Balaban J connectivity index is 2.34. The van der Waals surface area contributed by atoms with E-state index in [0.717, 1.165) is 36.4 Å². The Morgan fingerprint density at radius 2 is 1.60 bits per heavy atom. The number of hydrogen-bond donors (Lipinski definition) is 3. The van der Waals surface area contributed by atoms with Gasteiger partial charge in [0, 0.05) is 23.4 Å². The zero-order valence-corrected chi connectivity index (χ0v) is 12.2. The molecule has 128 valence electrons. The van der Waals surface area contributed by atoms with Crippen molar-refractivity contribution in [2.75, 3.05) is 5.32 Å². The van der Waals surface area contributed by atoms with Gasteiger partial charge in [-0.3, -0.25) is 25.0 Å². The van der Waals surface area contributed by atoms with Crippen LogP contribution in [0.4, 0.5) is 17.1 Å². The smallest absolute Gasteiger partial charge is 0.342 e. The number of aromatic hydroxyl groups is 1. The Morgan fingerprint density at radius 1 is 0.960 bits per heavy atom. The average molecular weight is 347 g/mol. The molecule has 0 saturated heterocycles. The van der Waals surface area contributed by atoms with Gasteiger partial charge in [0.05, 0.1) is 9.85 Å². The number of carboxylic acids is 1. The van der Waals surface area contributed by atoms with Crippen molar-refractivity contribution in [3.63, 3.8) is 0 Å². The first-order valence-corrected chi connectivity index (χ1v) is 6.51. The van der Waals surface area contributed by atoms with Crippen molar-refractivity contribution in [2.45, 2.75) is 0 Å². The number of anilines is 1. The molecule has 0 aliphatic rings. The fourth-order valence-electron chi connectivity index (χ4n) is 1.96. The normalized spacial score (nSPS) is 10.1. The van der Waals surface area contributed by atoms with E-state index in [9.17, 15) is 34.9 Å². The molecule has 0 fully saturated rings. The van der Waals surface area contributed by atoms with Gasteiger partial charge in [-0.25, -0.2) is 4.79 Å². The summed E-state index contributed by atoms with van der Waals surface area (Å²) in [7, 11) is 0. The van der Waals surface area contributed by atoms with Crippen LogP contribution < -0.4 is 5.32 Å². The van der Waals surface area contributed by atoms with Gasteiger partial charge in [-0.15, -0.1) is 0 Å². The first-order chi connectivity index (χ1) is 11.7. The van der Waals surface area contributed by atoms with E-state index >= 15 is 0 Å². The Morgan fingerprint density at radius 3 is 2.16 bits per heavy atom. The molecule has 11 nitrogen and oxygen atoms in total. The van der Waals surface area contributed by atoms with Crippen molar-refractivity contribution in [3.8, 4) is 5.75 Å². The second-order valence-corrected chi connectivity index (χ2v) is 4.71. The molecule has 3 N–H and O–H groups in total. The minimum atomic E-state index is -1.55. The first kappa shape index (κ1) is 17.3. The number of aromatic carboxylic acids is 1. The zero-order valence-electron chi connectivity index (χ0n) is 12.2. The lowest BCUT2D eigenvalue weighted by atomic mass is 10.1. The van der Waals surface area contributed by atoms with E-state index in [2.05, 4.69) is 5.32 Å². The molecule has 0 saturated carbocycles. The van der Waals surface area contributed by atoms with E-state index in [4.69, 9.17) is 5.11 Å². The molecule has 2 rings (SSSR count). The number of nitrogens with one attached hydrogen (secondary N) is 1. The number of hydrogen-bond acceptors (Lipinski definition) is 7. The van der Waals surface area contributed by atoms with Crippen LogP contribution in [0.5, 0.6) is 5.75 Å². The molecule has 0 aromatic heterocycles. The number of carbonyl (C=O) groups excluding carboxylic acids is 1. The van der Waals surface area contributed by atoms with Gasteiger partial charge in [0.15, 0.2) is 5.75 Å². The molecule has 25 heavy (non-hydrogen) atoms. The minimum absolute atomic E-state index is 0.0521.